The summed E-state index contributed by atoms with van der Waals surface area (Å²) in [4.78, 5) is 27.8. The molecule has 1 aliphatic rings. The number of nitrogens with one attached hydrogen (secondary N) is 1. The maximum Gasteiger partial charge on any atom is 0.240 e. The molecule has 0 spiro atoms. The zero-order valence-corrected chi connectivity index (χ0v) is 16.0. The number of para-hydroxylation sites is 1. The second-order valence-electron chi connectivity index (χ2n) is 6.49. The van der Waals surface area contributed by atoms with Crippen molar-refractivity contribution < 1.29 is 9.59 Å². The van der Waals surface area contributed by atoms with Gasteiger partial charge in [-0.2, -0.15) is 0 Å². The lowest BCUT2D eigenvalue weighted by molar-refractivity contribution is -0.123. The first-order valence-corrected chi connectivity index (χ1v) is 9.85. The highest BCUT2D eigenvalue weighted by atomic mass is 32.2. The number of anilines is 1. The minimum absolute atomic E-state index is 0.0184. The second-order valence-corrected chi connectivity index (χ2v) is 7.74. The normalized spacial score (nSPS) is 16.3. The van der Waals surface area contributed by atoms with E-state index in [1.54, 1.807) is 16.7 Å². The van der Waals surface area contributed by atoms with Gasteiger partial charge >= 0.3 is 0 Å². The number of rotatable bonds is 6. The van der Waals surface area contributed by atoms with Crippen LogP contribution < -0.4 is 10.2 Å². The summed E-state index contributed by atoms with van der Waals surface area (Å²) in [6, 6.07) is 16.1. The smallest absolute Gasteiger partial charge is 0.240 e. The Hall–Kier alpha value is -2.27. The van der Waals surface area contributed by atoms with Gasteiger partial charge in [-0.3, -0.25) is 9.59 Å². The Balaban J connectivity index is 1.60. The van der Waals surface area contributed by atoms with Gasteiger partial charge in [0.1, 0.15) is 6.54 Å². The number of amides is 2. The molecule has 1 aliphatic heterocycles. The van der Waals surface area contributed by atoms with Crippen LogP contribution in [0.2, 0.25) is 0 Å². The molecule has 1 heterocycles. The summed E-state index contributed by atoms with van der Waals surface area (Å²) in [6.07, 6.45) is 1.54. The van der Waals surface area contributed by atoms with Gasteiger partial charge in [-0.1, -0.05) is 48.9 Å². The molecule has 2 aromatic carbocycles. The SMILES string of the molecule is CC[C@H]1Sc2ccccc2N(CC(=O)NCCc2ccc(C)cc2)C1=O. The van der Waals surface area contributed by atoms with Crippen LogP contribution >= 0.6 is 11.8 Å². The minimum atomic E-state index is -0.123. The van der Waals surface area contributed by atoms with Crippen molar-refractivity contribution in [1.29, 1.82) is 0 Å². The molecule has 0 radical (unpaired) electrons. The lowest BCUT2D eigenvalue weighted by atomic mass is 10.1. The van der Waals surface area contributed by atoms with Gasteiger partial charge in [0.25, 0.3) is 0 Å². The van der Waals surface area contributed by atoms with Gasteiger partial charge < -0.3 is 10.2 Å². The average Bonchev–Trinajstić information content (AvgIpc) is 2.65. The summed E-state index contributed by atoms with van der Waals surface area (Å²) in [5.74, 6) is -0.105. The lowest BCUT2D eigenvalue weighted by Crippen LogP contribution is -2.46. The van der Waals surface area contributed by atoms with E-state index in [-0.39, 0.29) is 23.6 Å². The molecular formula is C21H24N2O2S. The number of nitrogens with zero attached hydrogens (tertiary/aromatic N) is 1. The fraction of sp³-hybridized carbons (Fsp3) is 0.333. The Kier molecular flexibility index (Phi) is 5.99. The number of hydrogen-bond acceptors (Lipinski definition) is 3. The average molecular weight is 369 g/mol. The van der Waals surface area contributed by atoms with E-state index in [9.17, 15) is 9.59 Å². The monoisotopic (exact) mass is 368 g/mol. The number of thioether (sulfide) groups is 1. The Labute approximate surface area is 159 Å². The highest BCUT2D eigenvalue weighted by molar-refractivity contribution is 8.01. The van der Waals surface area contributed by atoms with E-state index in [2.05, 4.69) is 36.5 Å². The van der Waals surface area contributed by atoms with Gasteiger partial charge in [0, 0.05) is 11.4 Å². The Morgan fingerprint density at radius 3 is 2.62 bits per heavy atom. The van der Waals surface area contributed by atoms with Crippen LogP contribution in [0.5, 0.6) is 0 Å². The third kappa shape index (κ3) is 4.28. The van der Waals surface area contributed by atoms with Crippen molar-refractivity contribution in [2.24, 2.45) is 0 Å². The van der Waals surface area contributed by atoms with E-state index < -0.39 is 0 Å². The van der Waals surface area contributed by atoms with E-state index >= 15 is 0 Å². The van der Waals surface area contributed by atoms with Crippen LogP contribution in [0.4, 0.5) is 5.69 Å². The molecule has 1 N–H and O–H groups in total. The largest absolute Gasteiger partial charge is 0.354 e. The molecule has 0 aliphatic carbocycles. The molecule has 2 aromatic rings. The molecule has 0 saturated carbocycles. The van der Waals surface area contributed by atoms with Crippen molar-refractivity contribution >= 4 is 29.3 Å². The molecule has 26 heavy (non-hydrogen) atoms. The predicted molar refractivity (Wildman–Crippen MR) is 107 cm³/mol. The summed E-state index contributed by atoms with van der Waals surface area (Å²) in [6.45, 7) is 4.70. The van der Waals surface area contributed by atoms with Crippen LogP contribution in [-0.2, 0) is 16.0 Å². The fourth-order valence-electron chi connectivity index (χ4n) is 3.00. The number of aryl methyl sites for hydroxylation is 1. The Morgan fingerprint density at radius 2 is 1.88 bits per heavy atom. The highest BCUT2D eigenvalue weighted by Gasteiger charge is 2.33. The molecule has 0 fully saturated rings. The first-order valence-electron chi connectivity index (χ1n) is 8.97. The molecule has 3 rings (SSSR count). The van der Waals surface area contributed by atoms with Crippen LogP contribution in [0.25, 0.3) is 0 Å². The first kappa shape index (κ1) is 18.5. The van der Waals surface area contributed by atoms with Crippen LogP contribution in [0.15, 0.2) is 53.4 Å². The van der Waals surface area contributed by atoms with Crippen molar-refractivity contribution in [3.63, 3.8) is 0 Å². The van der Waals surface area contributed by atoms with Crippen molar-refractivity contribution in [2.75, 3.05) is 18.0 Å². The third-order valence-corrected chi connectivity index (χ3v) is 5.91. The quantitative estimate of drug-likeness (QED) is 0.848. The summed E-state index contributed by atoms with van der Waals surface area (Å²) in [5.41, 5.74) is 3.25. The van der Waals surface area contributed by atoms with Crippen molar-refractivity contribution in [3.05, 3.63) is 59.7 Å². The van der Waals surface area contributed by atoms with Crippen molar-refractivity contribution in [3.8, 4) is 0 Å². The van der Waals surface area contributed by atoms with E-state index in [4.69, 9.17) is 0 Å². The number of hydrogen-bond donors (Lipinski definition) is 1. The molecule has 0 saturated heterocycles. The number of carbonyl (C=O) groups is 2. The molecule has 0 bridgehead atoms. The fourth-order valence-corrected chi connectivity index (χ4v) is 4.15. The second kappa shape index (κ2) is 8.41. The molecule has 5 heteroatoms. The van der Waals surface area contributed by atoms with Gasteiger partial charge in [0.05, 0.1) is 10.9 Å². The van der Waals surface area contributed by atoms with Gasteiger partial charge in [-0.05, 0) is 37.5 Å². The Bertz CT molecular complexity index is 789. The van der Waals surface area contributed by atoms with Gasteiger partial charge in [-0.25, -0.2) is 0 Å². The molecule has 0 unspecified atom stereocenters. The number of carbonyl (C=O) groups excluding carboxylic acids is 2. The lowest BCUT2D eigenvalue weighted by Gasteiger charge is -2.32. The molecule has 4 nitrogen and oxygen atoms in total. The molecular weight excluding hydrogens is 344 g/mol. The van der Waals surface area contributed by atoms with Crippen molar-refractivity contribution in [1.82, 2.24) is 5.32 Å². The van der Waals surface area contributed by atoms with Crippen LogP contribution in [-0.4, -0.2) is 30.2 Å². The molecule has 0 aromatic heterocycles. The van der Waals surface area contributed by atoms with E-state index in [1.165, 1.54) is 11.1 Å². The molecule has 136 valence electrons. The minimum Gasteiger partial charge on any atom is -0.354 e. The summed E-state index contributed by atoms with van der Waals surface area (Å²) < 4.78 is 0. The van der Waals surface area contributed by atoms with Gasteiger partial charge in [-0.15, -0.1) is 11.8 Å². The maximum absolute atomic E-state index is 12.7. The first-order chi connectivity index (χ1) is 12.6. The maximum atomic E-state index is 12.7. The van der Waals surface area contributed by atoms with Crippen LogP contribution in [0.1, 0.15) is 24.5 Å². The third-order valence-electron chi connectivity index (χ3n) is 4.50. The highest BCUT2D eigenvalue weighted by Crippen LogP contribution is 2.39. The predicted octanol–water partition coefficient (Wildman–Crippen LogP) is 3.57. The van der Waals surface area contributed by atoms with Crippen LogP contribution in [0.3, 0.4) is 0 Å². The number of benzene rings is 2. The topological polar surface area (TPSA) is 49.4 Å². The van der Waals surface area contributed by atoms with Crippen molar-refractivity contribution in [2.45, 2.75) is 36.8 Å². The zero-order chi connectivity index (χ0) is 18.5. The van der Waals surface area contributed by atoms with E-state index in [1.807, 2.05) is 31.2 Å². The number of fused-ring (bicyclic) bond motifs is 1. The zero-order valence-electron chi connectivity index (χ0n) is 15.2. The van der Waals surface area contributed by atoms with E-state index in [0.29, 0.717) is 6.54 Å². The Morgan fingerprint density at radius 1 is 1.15 bits per heavy atom. The standard InChI is InChI=1S/C21H24N2O2S/c1-3-18-21(25)23(17-6-4-5-7-19(17)26-18)14-20(24)22-13-12-16-10-8-15(2)9-11-16/h4-11,18H,3,12-14H2,1-2H3,(H,22,24)/t18-/m1/s1. The summed E-state index contributed by atoms with van der Waals surface area (Å²) in [7, 11) is 0. The van der Waals surface area contributed by atoms with Gasteiger partial charge in [0.2, 0.25) is 11.8 Å². The molecule has 2 amide bonds. The summed E-state index contributed by atoms with van der Waals surface area (Å²) in [5, 5.41) is 2.82. The summed E-state index contributed by atoms with van der Waals surface area (Å²) >= 11 is 1.59. The van der Waals surface area contributed by atoms with Gasteiger partial charge in [0.15, 0.2) is 0 Å². The van der Waals surface area contributed by atoms with Crippen LogP contribution in [0, 0.1) is 6.92 Å². The van der Waals surface area contributed by atoms with E-state index in [0.717, 1.165) is 23.4 Å². The molecule has 1 atom stereocenters.